The number of nitrogens with one attached hydrogen (secondary N) is 1. The lowest BCUT2D eigenvalue weighted by atomic mass is 10.0. The van der Waals surface area contributed by atoms with Crippen LogP contribution >= 0.6 is 34.8 Å². The van der Waals surface area contributed by atoms with Crippen LogP contribution in [-0.4, -0.2) is 21.5 Å². The molecule has 0 spiro atoms. The molecule has 0 aliphatic heterocycles. The van der Waals surface area contributed by atoms with Crippen molar-refractivity contribution in [3.8, 4) is 0 Å². The minimum Gasteiger partial charge on any atom is -0.445 e. The van der Waals surface area contributed by atoms with Crippen LogP contribution in [0.3, 0.4) is 0 Å². The van der Waals surface area contributed by atoms with Crippen LogP contribution in [0.25, 0.3) is 0 Å². The number of hydrogen-bond donors (Lipinski definition) is 1. The zero-order chi connectivity index (χ0) is 16.6. The first-order valence-corrected chi connectivity index (χ1v) is 9.07. The number of carbonyl (C=O) groups is 1. The molecule has 1 heterocycles. The largest absolute Gasteiger partial charge is 0.445 e. The van der Waals surface area contributed by atoms with Gasteiger partial charge < -0.3 is 4.74 Å². The quantitative estimate of drug-likeness (QED) is 0.760. The van der Waals surface area contributed by atoms with Crippen molar-refractivity contribution in [1.82, 2.24) is 4.98 Å². The van der Waals surface area contributed by atoms with Crippen LogP contribution in [0, 0.1) is 0 Å². The summed E-state index contributed by atoms with van der Waals surface area (Å²) in [5.74, 6) is 0.480. The summed E-state index contributed by atoms with van der Waals surface area (Å²) >= 11 is 16.9. The number of anilines is 1. The first-order valence-electron chi connectivity index (χ1n) is 7.94. The maximum atomic E-state index is 12.1. The second kappa shape index (κ2) is 6.66. The van der Waals surface area contributed by atoms with Crippen molar-refractivity contribution in [1.29, 1.82) is 0 Å². The van der Waals surface area contributed by atoms with E-state index in [4.69, 9.17) is 44.5 Å². The van der Waals surface area contributed by atoms with Gasteiger partial charge in [0.25, 0.3) is 0 Å². The van der Waals surface area contributed by atoms with Gasteiger partial charge in [-0.25, -0.2) is 4.79 Å². The van der Waals surface area contributed by atoms with E-state index >= 15 is 0 Å². The molecule has 0 radical (unpaired) electrons. The van der Waals surface area contributed by atoms with Crippen molar-refractivity contribution < 1.29 is 9.53 Å². The maximum Gasteiger partial charge on any atom is 0.411 e. The van der Waals surface area contributed by atoms with Crippen molar-refractivity contribution in [2.45, 2.75) is 55.2 Å². The van der Waals surface area contributed by atoms with Gasteiger partial charge in [0.05, 0.1) is 5.69 Å². The highest BCUT2D eigenvalue weighted by Gasteiger charge is 2.31. The van der Waals surface area contributed by atoms with Crippen LogP contribution in [-0.2, 0) is 24.0 Å². The van der Waals surface area contributed by atoms with E-state index in [1.807, 2.05) is 0 Å². The lowest BCUT2D eigenvalue weighted by Crippen LogP contribution is -2.22. The molecule has 4 nitrogen and oxygen atoms in total. The third-order valence-corrected chi connectivity index (χ3v) is 4.90. The topological polar surface area (TPSA) is 51.2 Å². The van der Waals surface area contributed by atoms with E-state index in [1.165, 1.54) is 0 Å². The van der Waals surface area contributed by atoms with E-state index in [2.05, 4.69) is 12.2 Å². The number of nitrogens with zero attached hydrogens (tertiary/aromatic N) is 1. The van der Waals surface area contributed by atoms with Gasteiger partial charge in [-0.2, -0.15) is 0 Å². The lowest BCUT2D eigenvalue weighted by molar-refractivity contribution is 0.164. The molecule has 2 aliphatic carbocycles. The van der Waals surface area contributed by atoms with Gasteiger partial charge in [0, 0.05) is 17.3 Å². The molecule has 0 aromatic carbocycles. The van der Waals surface area contributed by atoms with Crippen LogP contribution in [0.5, 0.6) is 0 Å². The second-order valence-electron chi connectivity index (χ2n) is 6.09. The van der Waals surface area contributed by atoms with E-state index in [0.29, 0.717) is 5.92 Å². The van der Waals surface area contributed by atoms with Crippen LogP contribution in [0.15, 0.2) is 0 Å². The van der Waals surface area contributed by atoms with Crippen LogP contribution in [0.4, 0.5) is 10.5 Å². The zero-order valence-corrected chi connectivity index (χ0v) is 15.2. The number of ether oxygens (including phenoxy) is 1. The first kappa shape index (κ1) is 17.1. The van der Waals surface area contributed by atoms with Crippen molar-refractivity contribution in [2.75, 3.05) is 11.9 Å². The van der Waals surface area contributed by atoms with Crippen LogP contribution < -0.4 is 5.32 Å². The van der Waals surface area contributed by atoms with Gasteiger partial charge in [0.1, 0.15) is 6.61 Å². The van der Waals surface area contributed by atoms with E-state index in [0.717, 1.165) is 66.7 Å². The Bertz CT molecular complexity index is 629. The first-order chi connectivity index (χ1) is 10.9. The number of hydrogen-bond acceptors (Lipinski definition) is 3. The molecule has 0 fully saturated rings. The van der Waals surface area contributed by atoms with Gasteiger partial charge in [-0.1, -0.05) is 41.7 Å². The minimum atomic E-state index is -1.60. The highest BCUT2D eigenvalue weighted by molar-refractivity contribution is 6.67. The average Bonchev–Trinajstić information content (AvgIpc) is 3.10. The fourth-order valence-electron chi connectivity index (χ4n) is 3.52. The van der Waals surface area contributed by atoms with E-state index in [-0.39, 0.29) is 6.61 Å². The molecule has 1 amide bonds. The number of aromatic nitrogens is 1. The summed E-state index contributed by atoms with van der Waals surface area (Å²) in [5, 5.41) is 2.88. The van der Waals surface area contributed by atoms with Crippen LogP contribution in [0.1, 0.15) is 54.6 Å². The predicted molar refractivity (Wildman–Crippen MR) is 92.9 cm³/mol. The molecule has 1 aromatic rings. The Morgan fingerprint density at radius 1 is 1.30 bits per heavy atom. The normalized spacial score (nSPS) is 19.4. The Balaban J connectivity index is 1.86. The average molecular weight is 378 g/mol. The van der Waals surface area contributed by atoms with E-state index < -0.39 is 9.89 Å². The number of amides is 1. The molecular weight excluding hydrogens is 359 g/mol. The smallest absolute Gasteiger partial charge is 0.411 e. The molecule has 126 valence electrons. The molecule has 2 aliphatic rings. The number of halogens is 3. The Morgan fingerprint density at radius 3 is 2.78 bits per heavy atom. The molecule has 1 N–H and O–H groups in total. The number of pyridine rings is 1. The maximum absolute atomic E-state index is 12.1. The standard InChI is InChI=1S/C16H19Cl3N2O2/c1-2-9-6-7-11-13(9)20-12-5-3-4-10(12)14(11)21-15(22)23-8-16(17,18)19/h9H,2-8H2,1H3,(H,20,21,22). The summed E-state index contributed by atoms with van der Waals surface area (Å²) in [6.45, 7) is 1.90. The fourth-order valence-corrected chi connectivity index (χ4v) is 3.69. The number of aryl methyl sites for hydroxylation is 1. The summed E-state index contributed by atoms with van der Waals surface area (Å²) < 4.78 is 3.41. The third-order valence-electron chi connectivity index (χ3n) is 4.57. The zero-order valence-electron chi connectivity index (χ0n) is 12.9. The van der Waals surface area contributed by atoms with E-state index in [9.17, 15) is 4.79 Å². The summed E-state index contributed by atoms with van der Waals surface area (Å²) in [7, 11) is 0. The molecular formula is C16H19Cl3N2O2. The third kappa shape index (κ3) is 3.70. The van der Waals surface area contributed by atoms with E-state index in [1.54, 1.807) is 0 Å². The SMILES string of the molecule is CCC1CCc2c1nc1c(c2NC(=O)OCC(Cl)(Cl)Cl)CCC1. The van der Waals surface area contributed by atoms with Gasteiger partial charge in [-0.05, 0) is 49.7 Å². The fraction of sp³-hybridized carbons (Fsp3) is 0.625. The Morgan fingerprint density at radius 2 is 2.09 bits per heavy atom. The summed E-state index contributed by atoms with van der Waals surface area (Å²) in [4.78, 5) is 17.0. The highest BCUT2D eigenvalue weighted by Crippen LogP contribution is 2.42. The molecule has 1 atom stereocenters. The number of fused-ring (bicyclic) bond motifs is 2. The summed E-state index contributed by atoms with van der Waals surface area (Å²) in [6, 6.07) is 0. The lowest BCUT2D eigenvalue weighted by Gasteiger charge is -2.17. The van der Waals surface area contributed by atoms with Gasteiger partial charge in [-0.15, -0.1) is 0 Å². The molecule has 0 saturated heterocycles. The van der Waals surface area contributed by atoms with Crippen molar-refractivity contribution >= 4 is 46.6 Å². The second-order valence-corrected chi connectivity index (χ2v) is 8.61. The monoisotopic (exact) mass is 376 g/mol. The molecule has 0 saturated carbocycles. The Kier molecular flexibility index (Phi) is 4.96. The predicted octanol–water partition coefficient (Wildman–Crippen LogP) is 4.93. The Hall–Kier alpha value is -0.710. The van der Waals surface area contributed by atoms with Crippen molar-refractivity contribution in [3.05, 3.63) is 22.5 Å². The van der Waals surface area contributed by atoms with Crippen molar-refractivity contribution in [2.24, 2.45) is 0 Å². The van der Waals surface area contributed by atoms with Gasteiger partial charge >= 0.3 is 6.09 Å². The summed E-state index contributed by atoms with van der Waals surface area (Å²) in [6.07, 6.45) is 5.48. The highest BCUT2D eigenvalue weighted by atomic mass is 35.6. The molecule has 3 rings (SSSR count). The molecule has 1 aromatic heterocycles. The van der Waals surface area contributed by atoms with Gasteiger partial charge in [0.15, 0.2) is 0 Å². The van der Waals surface area contributed by atoms with Gasteiger partial charge in [-0.3, -0.25) is 10.3 Å². The Labute approximate surface area is 150 Å². The summed E-state index contributed by atoms with van der Waals surface area (Å²) in [5.41, 5.74) is 5.44. The molecule has 7 heteroatoms. The molecule has 0 bridgehead atoms. The molecule has 1 unspecified atom stereocenters. The van der Waals surface area contributed by atoms with Crippen LogP contribution in [0.2, 0.25) is 0 Å². The number of rotatable bonds is 3. The molecule has 23 heavy (non-hydrogen) atoms. The number of carbonyl (C=O) groups excluding carboxylic acids is 1. The number of alkyl halides is 3. The minimum absolute atomic E-state index is 0.281. The van der Waals surface area contributed by atoms with Crippen molar-refractivity contribution in [3.63, 3.8) is 0 Å². The van der Waals surface area contributed by atoms with Gasteiger partial charge in [0.2, 0.25) is 3.79 Å².